The first kappa shape index (κ1) is 16.8. The van der Waals surface area contributed by atoms with Gasteiger partial charge in [-0.15, -0.1) is 0 Å². The van der Waals surface area contributed by atoms with Crippen LogP contribution in [-0.4, -0.2) is 52.2 Å². The third-order valence-corrected chi connectivity index (χ3v) is 10.0. The van der Waals surface area contributed by atoms with Crippen LogP contribution in [0.15, 0.2) is 48.5 Å². The SMILES string of the molecule is CNC(=O)c1cccc([Se][Se]c2cccc(C(=O)NC)c2)c1. The van der Waals surface area contributed by atoms with E-state index in [2.05, 4.69) is 22.8 Å². The fraction of sp³-hybridized carbons (Fsp3) is 0.125. The molecule has 0 unspecified atom stereocenters. The molecule has 0 aliphatic rings. The zero-order valence-corrected chi connectivity index (χ0v) is 15.7. The minimum atomic E-state index is -0.0632. The summed E-state index contributed by atoms with van der Waals surface area (Å²) in [5.41, 5.74) is 1.38. The van der Waals surface area contributed by atoms with Gasteiger partial charge in [0.1, 0.15) is 0 Å². The van der Waals surface area contributed by atoms with Gasteiger partial charge < -0.3 is 0 Å². The molecule has 0 saturated carbocycles. The maximum absolute atomic E-state index is 11.6. The van der Waals surface area contributed by atoms with Gasteiger partial charge in [-0.1, -0.05) is 0 Å². The second-order valence-electron chi connectivity index (χ2n) is 4.38. The summed E-state index contributed by atoms with van der Waals surface area (Å²) in [6, 6.07) is 15.5. The maximum atomic E-state index is 11.6. The number of hydrogen-bond acceptors (Lipinski definition) is 2. The molecule has 0 aliphatic carbocycles. The first-order valence-electron chi connectivity index (χ1n) is 6.63. The van der Waals surface area contributed by atoms with Crippen LogP contribution in [0, 0.1) is 0 Å². The summed E-state index contributed by atoms with van der Waals surface area (Å²) in [4.78, 5) is 23.3. The molecule has 4 nitrogen and oxygen atoms in total. The molecule has 2 amide bonds. The van der Waals surface area contributed by atoms with Crippen LogP contribution in [0.5, 0.6) is 0 Å². The number of rotatable bonds is 5. The summed E-state index contributed by atoms with van der Waals surface area (Å²) in [5, 5.41) is 5.27. The van der Waals surface area contributed by atoms with Crippen molar-refractivity contribution >= 4 is 47.0 Å². The zero-order chi connectivity index (χ0) is 15.9. The average Bonchev–Trinajstić information content (AvgIpc) is 2.59. The molecular weight excluding hydrogens is 410 g/mol. The summed E-state index contributed by atoms with van der Waals surface area (Å²) in [7, 11) is 3.27. The topological polar surface area (TPSA) is 58.2 Å². The first-order chi connectivity index (χ1) is 10.6. The van der Waals surface area contributed by atoms with E-state index in [-0.39, 0.29) is 38.1 Å². The standard InChI is InChI=1S/C16H16N2O2Se2/c1-17-15(19)11-5-3-7-13(9-11)21-22-14-8-4-6-12(10-14)16(20)18-2/h3-10H,1-2H3,(H,17,19)(H,18,20). The Labute approximate surface area is 140 Å². The van der Waals surface area contributed by atoms with Crippen LogP contribution >= 0.6 is 0 Å². The van der Waals surface area contributed by atoms with Crippen LogP contribution in [0.4, 0.5) is 0 Å². The van der Waals surface area contributed by atoms with Gasteiger partial charge in [-0.3, -0.25) is 0 Å². The van der Waals surface area contributed by atoms with Crippen LogP contribution in [0.25, 0.3) is 0 Å². The van der Waals surface area contributed by atoms with Gasteiger partial charge in [0.2, 0.25) is 0 Å². The van der Waals surface area contributed by atoms with Gasteiger partial charge in [0.15, 0.2) is 0 Å². The first-order valence-corrected chi connectivity index (χ1v) is 12.7. The van der Waals surface area contributed by atoms with Gasteiger partial charge in [0, 0.05) is 0 Å². The Morgan fingerprint density at radius 3 is 1.55 bits per heavy atom. The number of hydrogen-bond donors (Lipinski definition) is 2. The van der Waals surface area contributed by atoms with E-state index in [9.17, 15) is 9.59 Å². The Kier molecular flexibility index (Phi) is 6.22. The molecule has 0 heterocycles. The second-order valence-corrected chi connectivity index (χ2v) is 10.7. The molecule has 0 spiro atoms. The summed E-state index contributed by atoms with van der Waals surface area (Å²) in [5.74, 6) is -0.126. The molecular formula is C16H16N2O2Se2. The van der Waals surface area contributed by atoms with E-state index < -0.39 is 0 Å². The molecule has 2 rings (SSSR count). The van der Waals surface area contributed by atoms with Gasteiger partial charge in [-0.2, -0.15) is 0 Å². The molecule has 0 aromatic heterocycles. The van der Waals surface area contributed by atoms with E-state index in [0.29, 0.717) is 11.1 Å². The summed E-state index contributed by atoms with van der Waals surface area (Å²) in [6.07, 6.45) is 0. The number of benzene rings is 2. The summed E-state index contributed by atoms with van der Waals surface area (Å²) < 4.78 is 2.39. The number of carbonyl (C=O) groups excluding carboxylic acids is 2. The molecule has 0 radical (unpaired) electrons. The van der Waals surface area contributed by atoms with Crippen molar-refractivity contribution in [2.24, 2.45) is 0 Å². The molecule has 0 fully saturated rings. The predicted octanol–water partition coefficient (Wildman–Crippen LogP) is -0.320. The molecule has 22 heavy (non-hydrogen) atoms. The van der Waals surface area contributed by atoms with Crippen molar-refractivity contribution in [3.63, 3.8) is 0 Å². The van der Waals surface area contributed by atoms with Crippen LogP contribution < -0.4 is 19.6 Å². The molecule has 0 bridgehead atoms. The van der Waals surface area contributed by atoms with Crippen molar-refractivity contribution < 1.29 is 9.59 Å². The Hall–Kier alpha value is -1.58. The monoisotopic (exact) mass is 428 g/mol. The second kappa shape index (κ2) is 8.16. The normalized spacial score (nSPS) is 10.1. The average molecular weight is 426 g/mol. The van der Waals surface area contributed by atoms with Crippen molar-refractivity contribution in [2.45, 2.75) is 0 Å². The van der Waals surface area contributed by atoms with Crippen LogP contribution in [-0.2, 0) is 0 Å². The molecule has 114 valence electrons. The van der Waals surface area contributed by atoms with Gasteiger partial charge in [-0.05, 0) is 0 Å². The van der Waals surface area contributed by atoms with Gasteiger partial charge >= 0.3 is 141 Å². The molecule has 0 aliphatic heterocycles. The third-order valence-electron chi connectivity index (χ3n) is 2.88. The summed E-state index contributed by atoms with van der Waals surface area (Å²) >= 11 is 0.552. The fourth-order valence-corrected chi connectivity index (χ4v) is 7.82. The van der Waals surface area contributed by atoms with E-state index in [4.69, 9.17) is 0 Å². The van der Waals surface area contributed by atoms with Crippen LogP contribution in [0.2, 0.25) is 0 Å². The quantitative estimate of drug-likeness (QED) is 0.645. The van der Waals surface area contributed by atoms with Crippen LogP contribution in [0.1, 0.15) is 20.7 Å². The Morgan fingerprint density at radius 2 is 1.18 bits per heavy atom. The van der Waals surface area contributed by atoms with Crippen molar-refractivity contribution in [3.05, 3.63) is 59.7 Å². The molecule has 2 N–H and O–H groups in total. The molecule has 0 saturated heterocycles. The molecule has 2 aromatic rings. The van der Waals surface area contributed by atoms with Gasteiger partial charge in [0.25, 0.3) is 0 Å². The van der Waals surface area contributed by atoms with E-state index in [1.54, 1.807) is 14.1 Å². The number of carbonyl (C=O) groups is 2. The molecule has 2 aromatic carbocycles. The Morgan fingerprint density at radius 1 is 0.773 bits per heavy atom. The van der Waals surface area contributed by atoms with Crippen molar-refractivity contribution in [1.82, 2.24) is 10.6 Å². The predicted molar refractivity (Wildman–Crippen MR) is 90.4 cm³/mol. The Balaban J connectivity index is 2.07. The van der Waals surface area contributed by atoms with Crippen molar-refractivity contribution in [2.75, 3.05) is 14.1 Å². The van der Waals surface area contributed by atoms with Crippen molar-refractivity contribution in [1.29, 1.82) is 0 Å². The van der Waals surface area contributed by atoms with E-state index in [0.717, 1.165) is 0 Å². The van der Waals surface area contributed by atoms with Crippen LogP contribution in [0.3, 0.4) is 0 Å². The third kappa shape index (κ3) is 4.45. The zero-order valence-electron chi connectivity index (χ0n) is 12.3. The molecule has 0 atom stereocenters. The minimum absolute atomic E-state index is 0.0632. The summed E-state index contributed by atoms with van der Waals surface area (Å²) in [6.45, 7) is 0. The van der Waals surface area contributed by atoms with Gasteiger partial charge in [-0.25, -0.2) is 0 Å². The van der Waals surface area contributed by atoms with Crippen molar-refractivity contribution in [3.8, 4) is 0 Å². The van der Waals surface area contributed by atoms with E-state index in [1.807, 2.05) is 36.4 Å². The number of amides is 2. The Bertz CT molecular complexity index is 630. The molecule has 6 heteroatoms. The van der Waals surface area contributed by atoms with E-state index in [1.165, 1.54) is 8.92 Å². The van der Waals surface area contributed by atoms with E-state index >= 15 is 0 Å². The fourth-order valence-electron chi connectivity index (χ4n) is 1.76. The number of nitrogens with one attached hydrogen (secondary N) is 2. The van der Waals surface area contributed by atoms with Gasteiger partial charge in [0.05, 0.1) is 0 Å².